The summed E-state index contributed by atoms with van der Waals surface area (Å²) in [6, 6.07) is 11.3. The first kappa shape index (κ1) is 12.1. The molecule has 1 N–H and O–H groups in total. The van der Waals surface area contributed by atoms with Gasteiger partial charge >= 0.3 is 0 Å². The van der Waals surface area contributed by atoms with Crippen molar-refractivity contribution in [1.29, 1.82) is 0 Å². The third-order valence-electron chi connectivity index (χ3n) is 2.44. The van der Waals surface area contributed by atoms with E-state index >= 15 is 0 Å². The van der Waals surface area contributed by atoms with Gasteiger partial charge in [0.05, 0.1) is 9.21 Å². The Morgan fingerprint density at radius 2 is 2.06 bits per heavy atom. The van der Waals surface area contributed by atoms with E-state index in [-0.39, 0.29) is 5.91 Å². The van der Waals surface area contributed by atoms with Gasteiger partial charge in [-0.2, -0.15) is 0 Å². The molecule has 0 saturated heterocycles. The minimum absolute atomic E-state index is 0.109. The zero-order valence-corrected chi connectivity index (χ0v) is 10.9. The molecule has 1 aromatic carbocycles. The summed E-state index contributed by atoms with van der Waals surface area (Å²) in [5.41, 5.74) is 1.99. The summed E-state index contributed by atoms with van der Waals surface area (Å²) in [5, 5.41) is 2.90. The highest BCUT2D eigenvalue weighted by atomic mass is 35.5. The van der Waals surface area contributed by atoms with Crippen LogP contribution in [0.5, 0.6) is 0 Å². The largest absolute Gasteiger partial charge is 0.321 e. The number of anilines is 1. The predicted molar refractivity (Wildman–Crippen MR) is 73.1 cm³/mol. The Balaban J connectivity index is 2.18. The third-order valence-corrected chi connectivity index (χ3v) is 3.67. The van der Waals surface area contributed by atoms with Gasteiger partial charge in [0, 0.05) is 5.69 Å². The van der Waals surface area contributed by atoms with Crippen LogP contribution in [0.2, 0.25) is 4.34 Å². The topological polar surface area (TPSA) is 29.1 Å². The van der Waals surface area contributed by atoms with Gasteiger partial charge in [-0.05, 0) is 30.2 Å². The summed E-state index contributed by atoms with van der Waals surface area (Å²) >= 11 is 7.09. The van der Waals surface area contributed by atoms with Crippen LogP contribution >= 0.6 is 22.9 Å². The molecule has 2 rings (SSSR count). The van der Waals surface area contributed by atoms with Crippen LogP contribution in [0.1, 0.15) is 22.2 Å². The molecule has 1 amide bonds. The van der Waals surface area contributed by atoms with E-state index in [1.54, 1.807) is 12.1 Å². The fourth-order valence-electron chi connectivity index (χ4n) is 1.57. The summed E-state index contributed by atoms with van der Waals surface area (Å²) in [4.78, 5) is 12.6. The molecule has 0 fully saturated rings. The van der Waals surface area contributed by atoms with Crippen LogP contribution in [0.3, 0.4) is 0 Å². The van der Waals surface area contributed by atoms with Gasteiger partial charge in [-0.25, -0.2) is 0 Å². The SMILES string of the molecule is CCc1ccccc1NC(=O)c1ccc(Cl)s1. The summed E-state index contributed by atoms with van der Waals surface area (Å²) in [6.07, 6.45) is 0.891. The number of para-hydroxylation sites is 1. The van der Waals surface area contributed by atoms with E-state index in [4.69, 9.17) is 11.6 Å². The molecular weight excluding hydrogens is 254 g/mol. The lowest BCUT2D eigenvalue weighted by Crippen LogP contribution is -2.11. The number of nitrogens with one attached hydrogen (secondary N) is 1. The molecule has 17 heavy (non-hydrogen) atoms. The lowest BCUT2D eigenvalue weighted by molar-refractivity contribution is 0.103. The van der Waals surface area contributed by atoms with Crippen molar-refractivity contribution in [3.8, 4) is 0 Å². The van der Waals surface area contributed by atoms with Crippen molar-refractivity contribution in [2.75, 3.05) is 5.32 Å². The highest BCUT2D eigenvalue weighted by Crippen LogP contribution is 2.23. The maximum atomic E-state index is 11.9. The molecule has 0 unspecified atom stereocenters. The molecule has 1 aromatic heterocycles. The number of amides is 1. The molecule has 0 aliphatic rings. The maximum absolute atomic E-state index is 11.9. The van der Waals surface area contributed by atoms with Crippen LogP contribution in [0.4, 0.5) is 5.69 Å². The van der Waals surface area contributed by atoms with Crippen molar-refractivity contribution in [1.82, 2.24) is 0 Å². The number of carbonyl (C=O) groups excluding carboxylic acids is 1. The van der Waals surface area contributed by atoms with E-state index in [1.165, 1.54) is 11.3 Å². The van der Waals surface area contributed by atoms with Gasteiger partial charge in [-0.3, -0.25) is 4.79 Å². The van der Waals surface area contributed by atoms with Crippen molar-refractivity contribution >= 4 is 34.5 Å². The van der Waals surface area contributed by atoms with Crippen LogP contribution in [-0.2, 0) is 6.42 Å². The molecule has 2 nitrogen and oxygen atoms in total. The van der Waals surface area contributed by atoms with E-state index in [1.807, 2.05) is 24.3 Å². The number of hydrogen-bond donors (Lipinski definition) is 1. The Kier molecular flexibility index (Phi) is 3.82. The van der Waals surface area contributed by atoms with Gasteiger partial charge in [0.2, 0.25) is 0 Å². The zero-order chi connectivity index (χ0) is 12.3. The Labute approximate surface area is 109 Å². The minimum atomic E-state index is -0.109. The summed E-state index contributed by atoms with van der Waals surface area (Å²) in [6.45, 7) is 2.06. The van der Waals surface area contributed by atoms with Crippen LogP contribution in [0.15, 0.2) is 36.4 Å². The molecule has 0 spiro atoms. The molecule has 0 atom stereocenters. The normalized spacial score (nSPS) is 10.2. The average molecular weight is 266 g/mol. The molecule has 2 aromatic rings. The Bertz CT molecular complexity index is 536. The third kappa shape index (κ3) is 2.87. The standard InChI is InChI=1S/C13H12ClNOS/c1-2-9-5-3-4-6-10(9)15-13(16)11-7-8-12(14)17-11/h3-8H,2H2,1H3,(H,15,16). The monoisotopic (exact) mass is 265 g/mol. The summed E-state index contributed by atoms with van der Waals surface area (Å²) < 4.78 is 0.624. The molecule has 0 saturated carbocycles. The van der Waals surface area contributed by atoms with Crippen molar-refractivity contribution in [3.63, 3.8) is 0 Å². The second-order valence-electron chi connectivity index (χ2n) is 3.57. The Hall–Kier alpha value is -1.32. The fourth-order valence-corrected chi connectivity index (χ4v) is 2.51. The molecule has 0 aliphatic carbocycles. The number of halogens is 1. The molecule has 0 aliphatic heterocycles. The first-order valence-corrected chi connectivity index (χ1v) is 6.54. The van der Waals surface area contributed by atoms with Crippen LogP contribution in [0.25, 0.3) is 0 Å². The Morgan fingerprint density at radius 1 is 1.29 bits per heavy atom. The number of carbonyl (C=O) groups is 1. The molecule has 0 radical (unpaired) electrons. The molecule has 0 bridgehead atoms. The second-order valence-corrected chi connectivity index (χ2v) is 5.28. The second kappa shape index (κ2) is 5.34. The van der Waals surface area contributed by atoms with Gasteiger partial charge in [-0.1, -0.05) is 36.7 Å². The number of benzene rings is 1. The zero-order valence-electron chi connectivity index (χ0n) is 9.37. The number of hydrogen-bond acceptors (Lipinski definition) is 2. The van der Waals surface area contributed by atoms with Crippen LogP contribution < -0.4 is 5.32 Å². The van der Waals surface area contributed by atoms with E-state index in [0.29, 0.717) is 9.21 Å². The average Bonchev–Trinajstić information content (AvgIpc) is 2.77. The number of thiophene rings is 1. The highest BCUT2D eigenvalue weighted by molar-refractivity contribution is 7.18. The van der Waals surface area contributed by atoms with Gasteiger partial charge < -0.3 is 5.32 Å². The number of aryl methyl sites for hydroxylation is 1. The van der Waals surface area contributed by atoms with Gasteiger partial charge in [0.25, 0.3) is 5.91 Å². The minimum Gasteiger partial charge on any atom is -0.321 e. The first-order chi connectivity index (χ1) is 8.20. The fraction of sp³-hybridized carbons (Fsp3) is 0.154. The van der Waals surface area contributed by atoms with Gasteiger partial charge in [-0.15, -0.1) is 11.3 Å². The van der Waals surface area contributed by atoms with Gasteiger partial charge in [0.1, 0.15) is 0 Å². The predicted octanol–water partition coefficient (Wildman–Crippen LogP) is 4.22. The molecular formula is C13H12ClNOS. The quantitative estimate of drug-likeness (QED) is 0.885. The van der Waals surface area contributed by atoms with Crippen molar-refractivity contribution in [2.45, 2.75) is 13.3 Å². The van der Waals surface area contributed by atoms with E-state index < -0.39 is 0 Å². The highest BCUT2D eigenvalue weighted by Gasteiger charge is 2.10. The Morgan fingerprint density at radius 3 is 2.71 bits per heavy atom. The number of rotatable bonds is 3. The maximum Gasteiger partial charge on any atom is 0.265 e. The van der Waals surface area contributed by atoms with Crippen molar-refractivity contribution in [2.24, 2.45) is 0 Å². The van der Waals surface area contributed by atoms with E-state index in [2.05, 4.69) is 12.2 Å². The lowest BCUT2D eigenvalue weighted by atomic mass is 10.1. The van der Waals surface area contributed by atoms with Crippen molar-refractivity contribution < 1.29 is 4.79 Å². The van der Waals surface area contributed by atoms with Gasteiger partial charge in [0.15, 0.2) is 0 Å². The van der Waals surface area contributed by atoms with Crippen molar-refractivity contribution in [3.05, 3.63) is 51.2 Å². The molecule has 4 heteroatoms. The lowest BCUT2D eigenvalue weighted by Gasteiger charge is -2.08. The molecule has 88 valence electrons. The smallest absolute Gasteiger partial charge is 0.265 e. The van der Waals surface area contributed by atoms with E-state index in [0.717, 1.165) is 17.7 Å². The van der Waals surface area contributed by atoms with E-state index in [9.17, 15) is 4.79 Å². The van der Waals surface area contributed by atoms with Crippen LogP contribution in [-0.4, -0.2) is 5.91 Å². The van der Waals surface area contributed by atoms with Crippen LogP contribution in [0, 0.1) is 0 Å². The molecule has 1 heterocycles. The summed E-state index contributed by atoms with van der Waals surface area (Å²) in [5.74, 6) is -0.109. The first-order valence-electron chi connectivity index (χ1n) is 5.35. The summed E-state index contributed by atoms with van der Waals surface area (Å²) in [7, 11) is 0.